The Morgan fingerprint density at radius 2 is 1.82 bits per heavy atom. The molecule has 3 N–H and O–H groups in total. The van der Waals surface area contributed by atoms with E-state index < -0.39 is 17.9 Å². The fraction of sp³-hybridized carbons (Fsp3) is 0.304. The number of ether oxygens (including phenoxy) is 2. The second-order valence-corrected chi connectivity index (χ2v) is 7.69. The lowest BCUT2D eigenvalue weighted by Crippen LogP contribution is -2.30. The van der Waals surface area contributed by atoms with Crippen LogP contribution < -0.4 is 20.1 Å². The predicted molar refractivity (Wildman–Crippen MR) is 120 cm³/mol. The first-order valence-electron chi connectivity index (χ1n) is 10.3. The number of aliphatic hydroxyl groups excluding tert-OH is 1. The van der Waals surface area contributed by atoms with Gasteiger partial charge < -0.3 is 25.2 Å². The minimum absolute atomic E-state index is 0.0351. The number of rotatable bonds is 9. The lowest BCUT2D eigenvalue weighted by molar-refractivity contribution is -0.274. The van der Waals surface area contributed by atoms with Gasteiger partial charge in [-0.05, 0) is 30.2 Å². The monoisotopic (exact) mass is 480 g/mol. The van der Waals surface area contributed by atoms with E-state index >= 15 is 0 Å². The number of hydrogen-bond donors (Lipinski definition) is 3. The highest BCUT2D eigenvalue weighted by Crippen LogP contribution is 2.30. The third kappa shape index (κ3) is 6.70. The summed E-state index contributed by atoms with van der Waals surface area (Å²) in [5.41, 5.74) is 0.980. The number of aromatic nitrogens is 2. The molecule has 0 radical (unpaired) electrons. The van der Waals surface area contributed by atoms with Crippen molar-refractivity contribution in [3.63, 3.8) is 0 Å². The minimum atomic E-state index is -4.84. The molecule has 0 fully saturated rings. The van der Waals surface area contributed by atoms with E-state index in [1.807, 2.05) is 13.8 Å². The normalized spacial score (nSPS) is 12.4. The van der Waals surface area contributed by atoms with Crippen LogP contribution in [-0.2, 0) is 0 Å². The van der Waals surface area contributed by atoms with Crippen molar-refractivity contribution < 1.29 is 32.1 Å². The van der Waals surface area contributed by atoms with Crippen molar-refractivity contribution in [3.05, 3.63) is 54.3 Å². The summed E-state index contributed by atoms with van der Waals surface area (Å²) in [6.45, 7) is 3.61. The first kappa shape index (κ1) is 25.0. The van der Waals surface area contributed by atoms with E-state index in [0.717, 1.165) is 0 Å². The molecular weight excluding hydrogens is 456 g/mol. The zero-order valence-electron chi connectivity index (χ0n) is 18.7. The SMILES string of the molecule is COc1ccc(Nc2cc(-c3cccc(OC(F)(F)F)c3)nc(N[C@H](CO)C(C)C)n2)cc1F. The van der Waals surface area contributed by atoms with Crippen LogP contribution in [-0.4, -0.2) is 41.2 Å². The zero-order chi connectivity index (χ0) is 24.9. The van der Waals surface area contributed by atoms with Crippen LogP contribution in [0.2, 0.25) is 0 Å². The summed E-state index contributed by atoms with van der Waals surface area (Å²) in [6, 6.07) is 10.7. The van der Waals surface area contributed by atoms with Gasteiger partial charge in [0.15, 0.2) is 11.6 Å². The first-order valence-corrected chi connectivity index (χ1v) is 10.3. The van der Waals surface area contributed by atoms with E-state index in [1.165, 1.54) is 43.5 Å². The number of methoxy groups -OCH3 is 1. The average Bonchev–Trinajstić information content (AvgIpc) is 2.76. The zero-order valence-corrected chi connectivity index (χ0v) is 18.7. The number of alkyl halides is 3. The van der Waals surface area contributed by atoms with E-state index in [4.69, 9.17) is 4.74 Å². The van der Waals surface area contributed by atoms with E-state index in [9.17, 15) is 22.7 Å². The van der Waals surface area contributed by atoms with Crippen molar-refractivity contribution >= 4 is 17.5 Å². The highest BCUT2D eigenvalue weighted by molar-refractivity contribution is 5.68. The van der Waals surface area contributed by atoms with Crippen LogP contribution in [0.25, 0.3) is 11.3 Å². The second kappa shape index (κ2) is 10.6. The van der Waals surface area contributed by atoms with Crippen molar-refractivity contribution in [1.82, 2.24) is 9.97 Å². The number of nitrogens with one attached hydrogen (secondary N) is 2. The molecule has 0 unspecified atom stereocenters. The van der Waals surface area contributed by atoms with Crippen molar-refractivity contribution in [2.45, 2.75) is 26.3 Å². The van der Waals surface area contributed by atoms with Gasteiger partial charge in [-0.15, -0.1) is 13.2 Å². The molecule has 3 aromatic rings. The standard InChI is InChI=1S/C23H24F4N4O3/c1-13(2)19(12-32)30-22-29-18(14-5-4-6-16(9-14)34-23(25,26)27)11-21(31-22)28-15-7-8-20(33-3)17(24)10-15/h4-11,13,19,32H,12H2,1-3H3,(H2,28,29,30,31)/t19-/m1/s1. The van der Waals surface area contributed by atoms with Gasteiger partial charge in [0, 0.05) is 23.4 Å². The Hall–Kier alpha value is -3.60. The third-order valence-electron chi connectivity index (χ3n) is 4.83. The van der Waals surface area contributed by atoms with Gasteiger partial charge in [0.05, 0.1) is 25.5 Å². The van der Waals surface area contributed by atoms with Crippen LogP contribution in [0.3, 0.4) is 0 Å². The lowest BCUT2D eigenvalue weighted by atomic mass is 10.1. The van der Waals surface area contributed by atoms with E-state index in [-0.39, 0.29) is 41.8 Å². The number of nitrogens with zero attached hydrogens (tertiary/aromatic N) is 2. The van der Waals surface area contributed by atoms with Crippen LogP contribution >= 0.6 is 0 Å². The van der Waals surface area contributed by atoms with Crippen LogP contribution in [0.4, 0.5) is 35.0 Å². The summed E-state index contributed by atoms with van der Waals surface area (Å²) in [5, 5.41) is 15.7. The molecule has 34 heavy (non-hydrogen) atoms. The fourth-order valence-electron chi connectivity index (χ4n) is 3.06. The number of anilines is 3. The van der Waals surface area contributed by atoms with Gasteiger partial charge in [-0.2, -0.15) is 4.98 Å². The number of halogens is 4. The molecule has 0 saturated heterocycles. The molecule has 1 heterocycles. The molecule has 7 nitrogen and oxygen atoms in total. The molecule has 2 aromatic carbocycles. The Bertz CT molecular complexity index is 1130. The summed E-state index contributed by atoms with van der Waals surface area (Å²) in [7, 11) is 1.35. The van der Waals surface area contributed by atoms with Gasteiger partial charge in [-0.3, -0.25) is 0 Å². The van der Waals surface area contributed by atoms with Crippen LogP contribution in [0.15, 0.2) is 48.5 Å². The van der Waals surface area contributed by atoms with Crippen molar-refractivity contribution in [1.29, 1.82) is 0 Å². The van der Waals surface area contributed by atoms with Crippen molar-refractivity contribution in [2.75, 3.05) is 24.4 Å². The highest BCUT2D eigenvalue weighted by atomic mass is 19.4. The third-order valence-corrected chi connectivity index (χ3v) is 4.83. The van der Waals surface area contributed by atoms with Gasteiger partial charge in [0.25, 0.3) is 0 Å². The number of aliphatic hydroxyl groups is 1. The van der Waals surface area contributed by atoms with E-state index in [1.54, 1.807) is 12.1 Å². The number of benzene rings is 2. The molecule has 0 aliphatic carbocycles. The minimum Gasteiger partial charge on any atom is -0.494 e. The lowest BCUT2D eigenvalue weighted by Gasteiger charge is -2.21. The molecule has 0 aliphatic heterocycles. The van der Waals surface area contributed by atoms with Crippen molar-refractivity contribution in [3.8, 4) is 22.8 Å². The molecule has 1 aromatic heterocycles. The average molecular weight is 480 g/mol. The topological polar surface area (TPSA) is 88.5 Å². The van der Waals surface area contributed by atoms with Crippen LogP contribution in [0.5, 0.6) is 11.5 Å². The Kier molecular flexibility index (Phi) is 7.77. The largest absolute Gasteiger partial charge is 0.573 e. The maximum Gasteiger partial charge on any atom is 0.573 e. The van der Waals surface area contributed by atoms with Gasteiger partial charge in [-0.1, -0.05) is 26.0 Å². The Balaban J connectivity index is 2.01. The van der Waals surface area contributed by atoms with Gasteiger partial charge in [0.2, 0.25) is 5.95 Å². The molecule has 3 rings (SSSR count). The quantitative estimate of drug-likeness (QED) is 0.355. The fourth-order valence-corrected chi connectivity index (χ4v) is 3.06. The van der Waals surface area contributed by atoms with Gasteiger partial charge >= 0.3 is 6.36 Å². The second-order valence-electron chi connectivity index (χ2n) is 7.69. The number of hydrogen-bond acceptors (Lipinski definition) is 7. The first-order chi connectivity index (χ1) is 16.1. The highest BCUT2D eigenvalue weighted by Gasteiger charge is 2.31. The molecular formula is C23H24F4N4O3. The van der Waals surface area contributed by atoms with E-state index in [2.05, 4.69) is 25.3 Å². The van der Waals surface area contributed by atoms with Crippen LogP contribution in [0, 0.1) is 11.7 Å². The molecule has 182 valence electrons. The summed E-state index contributed by atoms with van der Waals surface area (Å²) in [5.74, 6) is -0.505. The molecule has 0 saturated carbocycles. The smallest absolute Gasteiger partial charge is 0.494 e. The summed E-state index contributed by atoms with van der Waals surface area (Å²) in [4.78, 5) is 8.76. The molecule has 0 amide bonds. The van der Waals surface area contributed by atoms with Crippen LogP contribution in [0.1, 0.15) is 13.8 Å². The molecule has 0 aliphatic rings. The maximum atomic E-state index is 14.1. The van der Waals surface area contributed by atoms with Gasteiger partial charge in [0.1, 0.15) is 11.6 Å². The molecule has 0 bridgehead atoms. The maximum absolute atomic E-state index is 14.1. The molecule has 1 atom stereocenters. The molecule has 0 spiro atoms. The summed E-state index contributed by atoms with van der Waals surface area (Å²) in [6.07, 6.45) is -4.84. The Morgan fingerprint density at radius 3 is 2.44 bits per heavy atom. The van der Waals surface area contributed by atoms with E-state index in [0.29, 0.717) is 11.3 Å². The Labute approximate surface area is 193 Å². The van der Waals surface area contributed by atoms with Crippen molar-refractivity contribution in [2.24, 2.45) is 5.92 Å². The Morgan fingerprint density at radius 1 is 1.06 bits per heavy atom. The van der Waals surface area contributed by atoms with Gasteiger partial charge in [-0.25, -0.2) is 9.37 Å². The summed E-state index contributed by atoms with van der Waals surface area (Å²) < 4.78 is 61.0. The summed E-state index contributed by atoms with van der Waals surface area (Å²) >= 11 is 0. The molecule has 11 heteroatoms. The predicted octanol–water partition coefficient (Wildman–Crippen LogP) is 5.36.